The van der Waals surface area contributed by atoms with Crippen LogP contribution in [-0.2, 0) is 19.7 Å². The lowest BCUT2D eigenvalue weighted by atomic mass is 9.63. The van der Waals surface area contributed by atoms with Crippen LogP contribution in [0.3, 0.4) is 0 Å². The quantitative estimate of drug-likeness (QED) is 0.668. The van der Waals surface area contributed by atoms with E-state index in [9.17, 15) is 14.7 Å². The fourth-order valence-electron chi connectivity index (χ4n) is 3.71. The zero-order valence-electron chi connectivity index (χ0n) is 13.9. The van der Waals surface area contributed by atoms with Crippen LogP contribution >= 0.6 is 0 Å². The molecule has 0 saturated heterocycles. The summed E-state index contributed by atoms with van der Waals surface area (Å²) in [6.07, 6.45) is 2.30. The van der Waals surface area contributed by atoms with E-state index in [2.05, 4.69) is 6.58 Å². The van der Waals surface area contributed by atoms with Gasteiger partial charge in [0.15, 0.2) is 0 Å². The van der Waals surface area contributed by atoms with E-state index in [1.54, 1.807) is 6.07 Å². The van der Waals surface area contributed by atoms with Crippen molar-refractivity contribution in [2.45, 2.75) is 24.2 Å². The molecular formula is C21H20O4. The van der Waals surface area contributed by atoms with Gasteiger partial charge in [0.2, 0.25) is 0 Å². The number of aliphatic carboxylic acids is 1. The van der Waals surface area contributed by atoms with Gasteiger partial charge in [-0.05, 0) is 29.5 Å². The monoisotopic (exact) mass is 336 g/mol. The van der Waals surface area contributed by atoms with Crippen LogP contribution in [0.2, 0.25) is 0 Å². The molecule has 0 aromatic heterocycles. The second kappa shape index (κ2) is 6.93. The van der Waals surface area contributed by atoms with Gasteiger partial charge < -0.3 is 9.84 Å². The van der Waals surface area contributed by atoms with Gasteiger partial charge in [-0.25, -0.2) is 0 Å². The Kier molecular flexibility index (Phi) is 4.70. The molecule has 0 amide bonds. The Balaban J connectivity index is 2.21. The number of rotatable bonds is 5. The summed E-state index contributed by atoms with van der Waals surface area (Å²) in [5.74, 6) is -1.84. The smallest absolute Gasteiger partial charge is 0.321 e. The Morgan fingerprint density at radius 3 is 2.52 bits per heavy atom. The summed E-state index contributed by atoms with van der Waals surface area (Å²) in [6.45, 7) is 3.72. The van der Waals surface area contributed by atoms with Gasteiger partial charge in [-0.15, -0.1) is 0 Å². The van der Waals surface area contributed by atoms with Gasteiger partial charge in [-0.3, -0.25) is 9.59 Å². The third-order valence-corrected chi connectivity index (χ3v) is 4.85. The molecule has 0 spiro atoms. The molecule has 25 heavy (non-hydrogen) atoms. The van der Waals surface area contributed by atoms with E-state index < -0.39 is 17.3 Å². The molecule has 2 aromatic carbocycles. The minimum absolute atomic E-state index is 0.123. The van der Waals surface area contributed by atoms with Crippen LogP contribution in [-0.4, -0.2) is 23.7 Å². The van der Waals surface area contributed by atoms with Crippen molar-refractivity contribution in [1.29, 1.82) is 0 Å². The van der Waals surface area contributed by atoms with Gasteiger partial charge in [0.25, 0.3) is 0 Å². The molecule has 0 fully saturated rings. The van der Waals surface area contributed by atoms with Crippen LogP contribution in [0.1, 0.15) is 35.4 Å². The molecule has 4 nitrogen and oxygen atoms in total. The summed E-state index contributed by atoms with van der Waals surface area (Å²) < 4.78 is 5.44. The van der Waals surface area contributed by atoms with Gasteiger partial charge in [-0.2, -0.15) is 0 Å². The van der Waals surface area contributed by atoms with Gasteiger partial charge in [0, 0.05) is 0 Å². The first-order chi connectivity index (χ1) is 12.1. The Morgan fingerprint density at radius 1 is 1.16 bits per heavy atom. The van der Waals surface area contributed by atoms with E-state index >= 15 is 0 Å². The number of carboxylic acids is 1. The van der Waals surface area contributed by atoms with Crippen LogP contribution in [0.25, 0.3) is 0 Å². The molecule has 2 atom stereocenters. The van der Waals surface area contributed by atoms with E-state index in [1.165, 1.54) is 6.08 Å². The number of fused-ring (bicyclic) bond motifs is 1. The summed E-state index contributed by atoms with van der Waals surface area (Å²) in [5.41, 5.74) is 1.22. The molecule has 3 rings (SSSR count). The van der Waals surface area contributed by atoms with Crippen LogP contribution in [0.4, 0.5) is 0 Å². The molecule has 0 bridgehead atoms. The van der Waals surface area contributed by atoms with Gasteiger partial charge in [0.1, 0.15) is 12.0 Å². The van der Waals surface area contributed by atoms with E-state index in [-0.39, 0.29) is 12.6 Å². The van der Waals surface area contributed by atoms with Crippen molar-refractivity contribution in [1.82, 2.24) is 0 Å². The molecule has 0 heterocycles. The van der Waals surface area contributed by atoms with E-state index in [0.717, 1.165) is 5.56 Å². The lowest BCUT2D eigenvalue weighted by Gasteiger charge is -2.39. The van der Waals surface area contributed by atoms with Gasteiger partial charge in [-0.1, -0.05) is 67.3 Å². The maximum absolute atomic E-state index is 13.1. The van der Waals surface area contributed by atoms with Crippen molar-refractivity contribution in [3.8, 4) is 0 Å². The van der Waals surface area contributed by atoms with Crippen molar-refractivity contribution < 1.29 is 19.4 Å². The maximum Gasteiger partial charge on any atom is 0.321 e. The van der Waals surface area contributed by atoms with Gasteiger partial charge >= 0.3 is 11.9 Å². The standard InChI is InChI=1S/C21H20O4/c1-2-14-25-20(24)21(15-8-4-3-5-9-15)13-12-17(19(22)23)16-10-6-7-11-18(16)21/h2-11,17H,1,12-14H2,(H,22,23)/t17-,21+/m1/s1. The molecule has 128 valence electrons. The molecule has 2 aromatic rings. The first-order valence-electron chi connectivity index (χ1n) is 8.27. The third-order valence-electron chi connectivity index (χ3n) is 4.85. The zero-order chi connectivity index (χ0) is 17.9. The Labute approximate surface area is 146 Å². The van der Waals surface area contributed by atoms with E-state index in [4.69, 9.17) is 4.74 Å². The Morgan fingerprint density at radius 2 is 1.84 bits per heavy atom. The summed E-state index contributed by atoms with van der Waals surface area (Å²) in [5, 5.41) is 9.58. The minimum atomic E-state index is -0.993. The first kappa shape index (κ1) is 17.0. The lowest BCUT2D eigenvalue weighted by Crippen LogP contribution is -2.43. The number of hydrogen-bond acceptors (Lipinski definition) is 3. The molecule has 1 aliphatic carbocycles. The molecule has 4 heteroatoms. The van der Waals surface area contributed by atoms with E-state index in [1.807, 2.05) is 48.5 Å². The van der Waals surface area contributed by atoms with E-state index in [0.29, 0.717) is 24.0 Å². The number of carboxylic acid groups (broad SMARTS) is 1. The minimum Gasteiger partial charge on any atom is -0.481 e. The summed E-state index contributed by atoms with van der Waals surface area (Å²) in [4.78, 5) is 24.8. The average Bonchev–Trinajstić information content (AvgIpc) is 2.65. The van der Waals surface area contributed by atoms with Crippen molar-refractivity contribution in [2.24, 2.45) is 0 Å². The highest BCUT2D eigenvalue weighted by molar-refractivity contribution is 5.90. The summed E-state index contributed by atoms with van der Waals surface area (Å²) in [7, 11) is 0. The Hall–Kier alpha value is -2.88. The molecule has 0 aliphatic heterocycles. The molecule has 0 saturated carbocycles. The largest absolute Gasteiger partial charge is 0.481 e. The predicted octanol–water partition coefficient (Wildman–Crippen LogP) is 3.66. The van der Waals surface area contributed by atoms with Crippen molar-refractivity contribution in [3.05, 3.63) is 83.9 Å². The average molecular weight is 336 g/mol. The topological polar surface area (TPSA) is 63.6 Å². The van der Waals surface area contributed by atoms with Crippen LogP contribution in [0, 0.1) is 0 Å². The molecule has 1 N–H and O–H groups in total. The van der Waals surface area contributed by atoms with Crippen LogP contribution < -0.4 is 0 Å². The number of hydrogen-bond donors (Lipinski definition) is 1. The first-order valence-corrected chi connectivity index (χ1v) is 8.27. The number of carbonyl (C=O) groups excluding carboxylic acids is 1. The molecular weight excluding hydrogens is 316 g/mol. The number of ether oxygens (including phenoxy) is 1. The highest BCUT2D eigenvalue weighted by Crippen LogP contribution is 2.47. The highest BCUT2D eigenvalue weighted by atomic mass is 16.5. The highest BCUT2D eigenvalue weighted by Gasteiger charge is 2.49. The Bertz CT molecular complexity index is 797. The predicted molar refractivity (Wildman–Crippen MR) is 94.4 cm³/mol. The SMILES string of the molecule is C=CCOC(=O)[C@]1(c2ccccc2)CC[C@@H](C(=O)O)c2ccccc21. The maximum atomic E-state index is 13.1. The second-order valence-corrected chi connectivity index (χ2v) is 6.18. The third kappa shape index (κ3) is 2.84. The number of benzene rings is 2. The van der Waals surface area contributed by atoms with Crippen LogP contribution in [0.15, 0.2) is 67.3 Å². The number of esters is 1. The summed E-state index contributed by atoms with van der Waals surface area (Å²) >= 11 is 0. The zero-order valence-corrected chi connectivity index (χ0v) is 13.9. The lowest BCUT2D eigenvalue weighted by molar-refractivity contribution is -0.149. The fourth-order valence-corrected chi connectivity index (χ4v) is 3.71. The normalized spacial score (nSPS) is 21.8. The molecule has 1 aliphatic rings. The van der Waals surface area contributed by atoms with Crippen molar-refractivity contribution >= 4 is 11.9 Å². The fraction of sp³-hybridized carbons (Fsp3) is 0.238. The number of carbonyl (C=O) groups is 2. The van der Waals surface area contributed by atoms with Crippen molar-refractivity contribution in [2.75, 3.05) is 6.61 Å². The second-order valence-electron chi connectivity index (χ2n) is 6.18. The summed E-state index contributed by atoms with van der Waals surface area (Å²) in [6, 6.07) is 16.7. The van der Waals surface area contributed by atoms with Crippen molar-refractivity contribution in [3.63, 3.8) is 0 Å². The molecule has 0 unspecified atom stereocenters. The molecule has 0 radical (unpaired) electrons. The van der Waals surface area contributed by atoms with Crippen LogP contribution in [0.5, 0.6) is 0 Å². The van der Waals surface area contributed by atoms with Gasteiger partial charge in [0.05, 0.1) is 5.92 Å².